The molecule has 0 aliphatic carbocycles. The Balaban J connectivity index is 1.47. The smallest absolute Gasteiger partial charge is 0.435 e. The van der Waals surface area contributed by atoms with Crippen LogP contribution in [0, 0.1) is 0 Å². The summed E-state index contributed by atoms with van der Waals surface area (Å²) in [6.45, 7) is 5.51. The third-order valence-corrected chi connectivity index (χ3v) is 6.45. The molecule has 0 spiro atoms. The number of carbonyl (C=O) groups is 3. The van der Waals surface area contributed by atoms with Crippen LogP contribution in [-0.2, 0) is 28.5 Å². The lowest BCUT2D eigenvalue weighted by molar-refractivity contribution is -0.141. The van der Waals surface area contributed by atoms with Gasteiger partial charge in [0.15, 0.2) is 11.5 Å². The Bertz CT molecular complexity index is 1700. The van der Waals surface area contributed by atoms with E-state index in [0.29, 0.717) is 6.42 Å². The number of aromatic amines is 2. The molecule has 1 aromatic carbocycles. The summed E-state index contributed by atoms with van der Waals surface area (Å²) in [5.41, 5.74) is -0.418. The third-order valence-electron chi connectivity index (χ3n) is 6.14. The number of hydrogen-bond donors (Lipinski definition) is 4. The zero-order valence-corrected chi connectivity index (χ0v) is 25.3. The van der Waals surface area contributed by atoms with Crippen molar-refractivity contribution in [1.82, 2.24) is 30.5 Å². The Morgan fingerprint density at radius 1 is 1.04 bits per heavy atom. The van der Waals surface area contributed by atoms with Crippen LogP contribution in [0.25, 0.3) is 11.4 Å². The van der Waals surface area contributed by atoms with Gasteiger partial charge >= 0.3 is 18.2 Å². The summed E-state index contributed by atoms with van der Waals surface area (Å²) in [5.74, 6) is -1.51. The van der Waals surface area contributed by atoms with E-state index in [2.05, 4.69) is 40.5 Å². The van der Waals surface area contributed by atoms with Crippen LogP contribution in [0.1, 0.15) is 64.3 Å². The van der Waals surface area contributed by atoms with Crippen LogP contribution in [0.3, 0.4) is 0 Å². The molecule has 0 unspecified atom stereocenters. The molecule has 238 valence electrons. The molecule has 0 saturated heterocycles. The van der Waals surface area contributed by atoms with Crippen molar-refractivity contribution in [2.24, 2.45) is 0 Å². The minimum Gasteiger partial charge on any atom is -0.465 e. The van der Waals surface area contributed by atoms with E-state index in [9.17, 15) is 27.6 Å². The lowest BCUT2D eigenvalue weighted by Gasteiger charge is -2.19. The number of halogens is 4. The average molecular weight is 648 g/mol. The molecule has 16 heteroatoms. The molecule has 3 heterocycles. The van der Waals surface area contributed by atoms with Crippen molar-refractivity contribution in [2.45, 2.75) is 45.4 Å². The van der Waals surface area contributed by atoms with Crippen LogP contribution in [0.2, 0.25) is 5.02 Å². The highest BCUT2D eigenvalue weighted by atomic mass is 35.5. The largest absolute Gasteiger partial charge is 0.465 e. The maximum absolute atomic E-state index is 13.9. The summed E-state index contributed by atoms with van der Waals surface area (Å²) in [4.78, 5) is 47.3. The van der Waals surface area contributed by atoms with E-state index in [0.717, 1.165) is 5.56 Å². The second kappa shape index (κ2) is 13.4. The number of ether oxygens (including phenoxy) is 2. The Morgan fingerprint density at radius 3 is 2.42 bits per heavy atom. The number of H-pyrrole nitrogens is 2. The predicted octanol–water partition coefficient (Wildman–Crippen LogP) is 5.56. The van der Waals surface area contributed by atoms with Crippen molar-refractivity contribution in [3.05, 3.63) is 81.7 Å². The fourth-order valence-electron chi connectivity index (χ4n) is 4.14. The Labute approximate surface area is 260 Å². The molecule has 0 aliphatic heterocycles. The number of amides is 2. The van der Waals surface area contributed by atoms with Crippen molar-refractivity contribution in [3.8, 4) is 11.4 Å². The number of methoxy groups -OCH3 is 1. The average Bonchev–Trinajstić information content (AvgIpc) is 3.60. The molecular formula is C29H29ClF3N7O5. The van der Waals surface area contributed by atoms with Gasteiger partial charge in [0.25, 0.3) is 5.91 Å². The van der Waals surface area contributed by atoms with E-state index in [4.69, 9.17) is 16.3 Å². The molecule has 0 fully saturated rings. The predicted molar refractivity (Wildman–Crippen MR) is 157 cm³/mol. The summed E-state index contributed by atoms with van der Waals surface area (Å²) < 4.78 is 51.5. The molecule has 45 heavy (non-hydrogen) atoms. The number of imidazole rings is 1. The van der Waals surface area contributed by atoms with Crippen LogP contribution >= 0.6 is 11.6 Å². The fraction of sp³-hybridized carbons (Fsp3) is 0.310. The first-order valence-electron chi connectivity index (χ1n) is 13.4. The molecule has 0 atom stereocenters. The highest BCUT2D eigenvalue weighted by Crippen LogP contribution is 2.35. The van der Waals surface area contributed by atoms with Crippen molar-refractivity contribution >= 4 is 35.3 Å². The molecule has 0 saturated carbocycles. The zero-order chi connectivity index (χ0) is 32.9. The van der Waals surface area contributed by atoms with Gasteiger partial charge in [0.2, 0.25) is 0 Å². The maximum atomic E-state index is 13.9. The number of aromatic nitrogens is 5. The van der Waals surface area contributed by atoms with Gasteiger partial charge in [-0.25, -0.2) is 14.6 Å². The first-order valence-corrected chi connectivity index (χ1v) is 13.8. The van der Waals surface area contributed by atoms with Crippen molar-refractivity contribution < 1.29 is 37.0 Å². The normalized spacial score (nSPS) is 11.6. The van der Waals surface area contributed by atoms with E-state index in [-0.39, 0.29) is 57.7 Å². The number of nitrogens with one attached hydrogen (secondary N) is 4. The maximum Gasteiger partial charge on any atom is 0.435 e. The Morgan fingerprint density at radius 2 is 1.80 bits per heavy atom. The number of pyridine rings is 1. The van der Waals surface area contributed by atoms with E-state index in [1.54, 1.807) is 32.9 Å². The number of rotatable bonds is 9. The van der Waals surface area contributed by atoms with Crippen molar-refractivity contribution in [3.63, 3.8) is 0 Å². The second-order valence-corrected chi connectivity index (χ2v) is 11.1. The zero-order valence-electron chi connectivity index (χ0n) is 24.6. The first kappa shape index (κ1) is 33.0. The molecule has 0 bridgehead atoms. The standard InChI is InChI=1S/C29H29ClF3N7O5/c1-28(2,3)45-27(43)34-10-9-15-5-8-21(35-13-15)22-19(23(40-39-22)29(31,32)33)11-17-14-36-24(37-17)25(41)38-16-6-7-18(20(30)12-16)26(42)44-4/h5-8,12-14H,9-11H2,1-4H3,(H,34,43)(H,36,37)(H,38,41)(H,39,40). The summed E-state index contributed by atoms with van der Waals surface area (Å²) >= 11 is 6.09. The third kappa shape index (κ3) is 8.59. The van der Waals surface area contributed by atoms with Crippen molar-refractivity contribution in [2.75, 3.05) is 19.0 Å². The second-order valence-electron chi connectivity index (χ2n) is 10.7. The van der Waals surface area contributed by atoms with E-state index in [1.807, 2.05) is 0 Å². The van der Waals surface area contributed by atoms with Gasteiger partial charge in [-0.15, -0.1) is 0 Å². The molecule has 4 N–H and O–H groups in total. The van der Waals surface area contributed by atoms with Crippen LogP contribution < -0.4 is 10.6 Å². The number of benzene rings is 1. The summed E-state index contributed by atoms with van der Waals surface area (Å²) in [5, 5.41) is 11.2. The molecule has 0 radical (unpaired) electrons. The van der Waals surface area contributed by atoms with Crippen LogP contribution in [0.5, 0.6) is 0 Å². The van der Waals surface area contributed by atoms with Crippen molar-refractivity contribution in [1.29, 1.82) is 0 Å². The number of alkyl carbamates (subject to hydrolysis) is 1. The number of esters is 1. The van der Waals surface area contributed by atoms with Crippen LogP contribution in [0.15, 0.2) is 42.7 Å². The van der Waals surface area contributed by atoms with Gasteiger partial charge in [0.1, 0.15) is 5.60 Å². The van der Waals surface area contributed by atoms with Crippen LogP contribution in [0.4, 0.5) is 23.7 Å². The lowest BCUT2D eigenvalue weighted by atomic mass is 10.0. The van der Waals surface area contributed by atoms with E-state index < -0.39 is 35.4 Å². The van der Waals surface area contributed by atoms with E-state index >= 15 is 0 Å². The minimum absolute atomic E-state index is 0.0432. The number of anilines is 1. The Hall–Kier alpha value is -4.92. The summed E-state index contributed by atoms with van der Waals surface area (Å²) in [6.07, 6.45) is -2.49. The van der Waals surface area contributed by atoms with E-state index in [1.165, 1.54) is 37.7 Å². The van der Waals surface area contributed by atoms with Gasteiger partial charge in [-0.1, -0.05) is 17.7 Å². The summed E-state index contributed by atoms with van der Waals surface area (Å²) in [7, 11) is 1.20. The number of alkyl halides is 3. The molecule has 4 rings (SSSR count). The molecule has 0 aliphatic rings. The summed E-state index contributed by atoms with van der Waals surface area (Å²) in [6, 6.07) is 7.38. The lowest BCUT2D eigenvalue weighted by Crippen LogP contribution is -2.33. The highest BCUT2D eigenvalue weighted by Gasteiger charge is 2.38. The van der Waals surface area contributed by atoms with Gasteiger partial charge in [-0.2, -0.15) is 18.3 Å². The van der Waals surface area contributed by atoms with Gasteiger partial charge in [0, 0.05) is 42.3 Å². The molecule has 3 aromatic heterocycles. The van der Waals surface area contributed by atoms with Gasteiger partial charge in [-0.05, 0) is 57.0 Å². The topological polar surface area (TPSA) is 164 Å². The Kier molecular flexibility index (Phi) is 9.81. The number of hydrogen-bond acceptors (Lipinski definition) is 8. The highest BCUT2D eigenvalue weighted by molar-refractivity contribution is 6.34. The molecule has 12 nitrogen and oxygen atoms in total. The fourth-order valence-corrected chi connectivity index (χ4v) is 4.40. The van der Waals surface area contributed by atoms with Gasteiger partial charge in [-0.3, -0.25) is 14.9 Å². The quantitative estimate of drug-likeness (QED) is 0.171. The number of carbonyl (C=O) groups excluding carboxylic acids is 3. The van der Waals surface area contributed by atoms with Gasteiger partial charge in [0.05, 0.1) is 29.1 Å². The molecular weight excluding hydrogens is 619 g/mol. The first-order chi connectivity index (χ1) is 21.1. The number of nitrogens with zero attached hydrogens (tertiary/aromatic N) is 3. The minimum atomic E-state index is -4.77. The van der Waals surface area contributed by atoms with Gasteiger partial charge < -0.3 is 25.1 Å². The SMILES string of the molecule is COC(=O)c1ccc(NC(=O)c2ncc(Cc3c(C(F)(F)F)n[nH]c3-c3ccc(CCNC(=O)OC(C)(C)C)cn3)[nH]2)cc1Cl. The monoisotopic (exact) mass is 647 g/mol. The molecule has 2 amide bonds. The van der Waals surface area contributed by atoms with Crippen LogP contribution in [-0.4, -0.2) is 62.4 Å². The molecule has 4 aromatic rings.